The van der Waals surface area contributed by atoms with Crippen molar-refractivity contribution < 1.29 is 9.47 Å². The zero-order chi connectivity index (χ0) is 12.1. The summed E-state index contributed by atoms with van der Waals surface area (Å²) in [7, 11) is 1.63. The monoisotopic (exact) mass is 291 g/mol. The maximum Gasteiger partial charge on any atom is 0.138 e. The van der Waals surface area contributed by atoms with Gasteiger partial charge in [0.2, 0.25) is 0 Å². The molecule has 1 heterocycles. The van der Waals surface area contributed by atoms with E-state index in [0.29, 0.717) is 10.9 Å². The minimum absolute atomic E-state index is 0. The van der Waals surface area contributed by atoms with Gasteiger partial charge >= 0.3 is 0 Å². The average Bonchev–Trinajstić information content (AvgIpc) is 2.38. The van der Waals surface area contributed by atoms with E-state index in [1.807, 2.05) is 12.1 Å². The second kappa shape index (κ2) is 7.72. The molecule has 5 heteroatoms. The lowest BCUT2D eigenvalue weighted by atomic mass is 9.99. The van der Waals surface area contributed by atoms with Crippen molar-refractivity contribution in [3.8, 4) is 11.5 Å². The van der Waals surface area contributed by atoms with Gasteiger partial charge in [0, 0.05) is 6.07 Å². The fourth-order valence-corrected chi connectivity index (χ4v) is 2.21. The Morgan fingerprint density at radius 3 is 2.67 bits per heavy atom. The second-order valence-corrected chi connectivity index (χ2v) is 4.71. The number of halogens is 2. The molecule has 18 heavy (non-hydrogen) atoms. The molecule has 0 spiro atoms. The Hall–Kier alpha value is -0.640. The van der Waals surface area contributed by atoms with Crippen LogP contribution in [0.2, 0.25) is 5.02 Å². The van der Waals surface area contributed by atoms with Gasteiger partial charge in [-0.3, -0.25) is 0 Å². The molecule has 0 aliphatic carbocycles. The van der Waals surface area contributed by atoms with Gasteiger partial charge in [0.25, 0.3) is 0 Å². The van der Waals surface area contributed by atoms with Crippen molar-refractivity contribution in [2.75, 3.05) is 26.8 Å². The molecule has 1 saturated heterocycles. The van der Waals surface area contributed by atoms with Crippen molar-refractivity contribution in [2.24, 2.45) is 5.92 Å². The number of nitrogens with one attached hydrogen (secondary N) is 1. The highest BCUT2D eigenvalue weighted by Gasteiger charge is 2.14. The Balaban J connectivity index is 0.00000162. The molecule has 0 amide bonds. The molecule has 1 aliphatic rings. The van der Waals surface area contributed by atoms with Crippen molar-refractivity contribution in [3.05, 3.63) is 23.2 Å². The maximum absolute atomic E-state index is 6.11. The molecule has 0 unspecified atom stereocenters. The molecule has 1 aromatic rings. The van der Waals surface area contributed by atoms with Gasteiger partial charge in [-0.15, -0.1) is 12.4 Å². The summed E-state index contributed by atoms with van der Waals surface area (Å²) < 4.78 is 10.9. The van der Waals surface area contributed by atoms with Crippen molar-refractivity contribution in [1.82, 2.24) is 5.32 Å². The van der Waals surface area contributed by atoms with E-state index in [0.717, 1.165) is 31.2 Å². The molecule has 0 saturated carbocycles. The first-order valence-corrected chi connectivity index (χ1v) is 6.34. The van der Waals surface area contributed by atoms with E-state index in [9.17, 15) is 0 Å². The lowest BCUT2D eigenvalue weighted by Gasteiger charge is -2.22. The fraction of sp³-hybridized carbons (Fsp3) is 0.538. The summed E-state index contributed by atoms with van der Waals surface area (Å²) in [6, 6.07) is 5.51. The topological polar surface area (TPSA) is 30.5 Å². The molecule has 0 radical (unpaired) electrons. The highest BCUT2D eigenvalue weighted by molar-refractivity contribution is 6.32. The van der Waals surface area contributed by atoms with Gasteiger partial charge in [-0.2, -0.15) is 0 Å². The molecule has 0 bridgehead atoms. The van der Waals surface area contributed by atoms with Crippen LogP contribution in [0, 0.1) is 5.92 Å². The van der Waals surface area contributed by atoms with E-state index in [1.165, 1.54) is 12.8 Å². The van der Waals surface area contributed by atoms with Gasteiger partial charge in [-0.25, -0.2) is 0 Å². The van der Waals surface area contributed by atoms with E-state index < -0.39 is 0 Å². The number of ether oxygens (including phenoxy) is 2. The zero-order valence-corrected chi connectivity index (χ0v) is 12.0. The lowest BCUT2D eigenvalue weighted by molar-refractivity contribution is 0.215. The molecule has 0 aromatic heterocycles. The minimum Gasteiger partial charge on any atom is -0.497 e. The van der Waals surface area contributed by atoms with Crippen LogP contribution in [0.15, 0.2) is 18.2 Å². The third-order valence-electron chi connectivity index (χ3n) is 3.07. The normalized spacial score (nSPS) is 15.9. The molecule has 3 nitrogen and oxygen atoms in total. The molecule has 1 aliphatic heterocycles. The highest BCUT2D eigenvalue weighted by atomic mass is 35.5. The summed E-state index contributed by atoms with van der Waals surface area (Å²) in [6.45, 7) is 2.92. The first-order valence-electron chi connectivity index (χ1n) is 5.96. The predicted molar refractivity (Wildman–Crippen MR) is 76.3 cm³/mol. The Labute approximate surface area is 119 Å². The fourth-order valence-electron chi connectivity index (χ4n) is 1.98. The summed E-state index contributed by atoms with van der Waals surface area (Å²) in [4.78, 5) is 0. The average molecular weight is 292 g/mol. The van der Waals surface area contributed by atoms with Crippen LogP contribution in [-0.2, 0) is 0 Å². The van der Waals surface area contributed by atoms with Crippen molar-refractivity contribution in [1.29, 1.82) is 0 Å². The van der Waals surface area contributed by atoms with E-state index >= 15 is 0 Å². The Kier molecular flexibility index (Phi) is 6.61. The van der Waals surface area contributed by atoms with Crippen LogP contribution in [0.5, 0.6) is 11.5 Å². The third-order valence-corrected chi connectivity index (χ3v) is 3.37. The first-order chi connectivity index (χ1) is 8.29. The summed E-state index contributed by atoms with van der Waals surface area (Å²) in [5.74, 6) is 2.13. The van der Waals surface area contributed by atoms with E-state index in [4.69, 9.17) is 21.1 Å². The first kappa shape index (κ1) is 15.4. The van der Waals surface area contributed by atoms with E-state index in [1.54, 1.807) is 13.2 Å². The van der Waals surface area contributed by atoms with Gasteiger partial charge < -0.3 is 14.8 Å². The SMILES string of the molecule is COc1ccc(OCC2CCNCC2)c(Cl)c1.Cl. The smallest absolute Gasteiger partial charge is 0.138 e. The van der Waals surface area contributed by atoms with Gasteiger partial charge in [0.05, 0.1) is 18.7 Å². The summed E-state index contributed by atoms with van der Waals surface area (Å²) >= 11 is 6.11. The van der Waals surface area contributed by atoms with E-state index in [2.05, 4.69) is 5.32 Å². The number of benzene rings is 1. The van der Waals surface area contributed by atoms with Crippen LogP contribution in [0.25, 0.3) is 0 Å². The lowest BCUT2D eigenvalue weighted by Crippen LogP contribution is -2.30. The number of methoxy groups -OCH3 is 1. The number of rotatable bonds is 4. The van der Waals surface area contributed by atoms with Gasteiger partial charge in [-0.1, -0.05) is 11.6 Å². The number of hydrogen-bond acceptors (Lipinski definition) is 3. The standard InChI is InChI=1S/C13H18ClNO2.ClH/c1-16-11-2-3-13(12(14)8-11)17-9-10-4-6-15-7-5-10;/h2-3,8,10,15H,4-7,9H2,1H3;1H. The van der Waals surface area contributed by atoms with Crippen LogP contribution in [-0.4, -0.2) is 26.8 Å². The van der Waals surface area contributed by atoms with Crippen LogP contribution < -0.4 is 14.8 Å². The van der Waals surface area contributed by atoms with Crippen molar-refractivity contribution in [2.45, 2.75) is 12.8 Å². The van der Waals surface area contributed by atoms with E-state index in [-0.39, 0.29) is 12.4 Å². The molecule has 2 rings (SSSR count). The molecule has 1 N–H and O–H groups in total. The van der Waals surface area contributed by atoms with Crippen LogP contribution >= 0.6 is 24.0 Å². The molecule has 1 fully saturated rings. The molecule has 102 valence electrons. The molecule has 1 aromatic carbocycles. The highest BCUT2D eigenvalue weighted by Crippen LogP contribution is 2.29. The number of piperidine rings is 1. The van der Waals surface area contributed by atoms with Crippen LogP contribution in [0.4, 0.5) is 0 Å². The maximum atomic E-state index is 6.11. The van der Waals surface area contributed by atoms with Crippen molar-refractivity contribution in [3.63, 3.8) is 0 Å². The quantitative estimate of drug-likeness (QED) is 0.924. The Morgan fingerprint density at radius 1 is 1.33 bits per heavy atom. The van der Waals surface area contributed by atoms with Gasteiger partial charge in [0.1, 0.15) is 11.5 Å². The zero-order valence-electron chi connectivity index (χ0n) is 10.4. The predicted octanol–water partition coefficient (Wildman–Crippen LogP) is 3.15. The molecule has 0 atom stereocenters. The second-order valence-electron chi connectivity index (χ2n) is 4.30. The van der Waals surface area contributed by atoms with Gasteiger partial charge in [0.15, 0.2) is 0 Å². The van der Waals surface area contributed by atoms with Crippen molar-refractivity contribution >= 4 is 24.0 Å². The largest absolute Gasteiger partial charge is 0.497 e. The Bertz CT molecular complexity index is 368. The Morgan fingerprint density at radius 2 is 2.06 bits per heavy atom. The molecular weight excluding hydrogens is 273 g/mol. The minimum atomic E-state index is 0. The summed E-state index contributed by atoms with van der Waals surface area (Å²) in [5.41, 5.74) is 0. The summed E-state index contributed by atoms with van der Waals surface area (Å²) in [5, 5.41) is 3.95. The summed E-state index contributed by atoms with van der Waals surface area (Å²) in [6.07, 6.45) is 2.35. The number of hydrogen-bond donors (Lipinski definition) is 1. The van der Waals surface area contributed by atoms with Crippen LogP contribution in [0.1, 0.15) is 12.8 Å². The molecular formula is C13H19Cl2NO2. The van der Waals surface area contributed by atoms with Crippen LogP contribution in [0.3, 0.4) is 0 Å². The van der Waals surface area contributed by atoms with Gasteiger partial charge in [-0.05, 0) is 44.0 Å². The third kappa shape index (κ3) is 4.23.